The molecule has 0 heterocycles. The smallest absolute Gasteiger partial charge is 0.303 e. The standard InChI is InChI=1S/3C10H20N2O3.H3O4P/c3*1-12(2,3)8-4-7-11-9(13)5-6-10(14)15;1-5(2,3)4/h3*4-8H2,1-3H3,(H-,11,13,14,15);(H3,1,2,3,4). The van der Waals surface area contributed by atoms with Crippen molar-refractivity contribution < 1.29 is 76.8 Å². The van der Waals surface area contributed by atoms with Crippen molar-refractivity contribution in [2.45, 2.75) is 57.8 Å². The van der Waals surface area contributed by atoms with Crippen LogP contribution in [0, 0.1) is 0 Å². The summed E-state index contributed by atoms with van der Waals surface area (Å²) < 4.78 is 11.1. The minimum absolute atomic E-state index is 0.0692. The Morgan fingerprint density at radius 3 is 0.780 bits per heavy atom. The van der Waals surface area contributed by atoms with Crippen LogP contribution in [-0.4, -0.2) is 167 Å². The molecule has 0 aliphatic carbocycles. The van der Waals surface area contributed by atoms with E-state index in [2.05, 4.69) is 79.4 Å². The number of rotatable bonds is 21. The Balaban J connectivity index is -0.000000296. The summed E-state index contributed by atoms with van der Waals surface area (Å²) in [5, 5.41) is 33.2. The van der Waals surface area contributed by atoms with Crippen molar-refractivity contribution >= 4 is 43.5 Å². The average Bonchev–Trinajstić information content (AvgIpc) is 2.90. The quantitative estimate of drug-likeness (QED) is 0.0399. The Hall–Kier alpha value is -3.19. The number of carboxylic acids is 3. The van der Waals surface area contributed by atoms with Gasteiger partial charge >= 0.3 is 17.9 Å². The van der Waals surface area contributed by atoms with Crippen LogP contribution in [0.1, 0.15) is 57.8 Å². The number of nitrogens with zero attached hydrogens (tertiary/aromatic N) is 3. The van der Waals surface area contributed by atoms with Crippen molar-refractivity contribution in [2.75, 3.05) is 103 Å². The van der Waals surface area contributed by atoms with Gasteiger partial charge in [-0.25, -0.2) is 0 Å². The molecule has 0 bridgehead atoms. The summed E-state index contributed by atoms with van der Waals surface area (Å²) in [6.45, 7) is 4.81. The minimum atomic E-state index is -5.39. The van der Waals surface area contributed by atoms with Crippen molar-refractivity contribution in [3.8, 4) is 0 Å². The summed E-state index contributed by atoms with van der Waals surface area (Å²) in [4.78, 5) is 89.5. The van der Waals surface area contributed by atoms with Gasteiger partial charge in [0.1, 0.15) is 0 Å². The maximum absolute atomic E-state index is 11.1. The molecular weight excluding hydrogens is 683 g/mol. The van der Waals surface area contributed by atoms with E-state index in [9.17, 15) is 28.8 Å². The van der Waals surface area contributed by atoms with Crippen molar-refractivity contribution in [1.29, 1.82) is 0 Å². The number of aliphatic carboxylic acids is 3. The van der Waals surface area contributed by atoms with E-state index in [1.54, 1.807) is 0 Å². The van der Waals surface area contributed by atoms with E-state index < -0.39 is 25.7 Å². The molecule has 0 aliphatic heterocycles. The zero-order valence-electron chi connectivity index (χ0n) is 31.3. The Labute approximate surface area is 296 Å². The normalized spacial score (nSPS) is 11.2. The van der Waals surface area contributed by atoms with Crippen LogP contribution in [0.5, 0.6) is 0 Å². The first-order valence-electron chi connectivity index (χ1n) is 16.0. The molecule has 0 atom stereocenters. The number of hydrogen-bond acceptors (Lipinski definition) is 10. The second-order valence-corrected chi connectivity index (χ2v) is 15.2. The lowest BCUT2D eigenvalue weighted by molar-refractivity contribution is -0.870. The fraction of sp³-hybridized carbons (Fsp3) is 0.800. The second kappa shape index (κ2) is 28.5. The van der Waals surface area contributed by atoms with E-state index in [0.717, 1.165) is 52.3 Å². The van der Waals surface area contributed by atoms with Crippen LogP contribution in [0.2, 0.25) is 0 Å². The van der Waals surface area contributed by atoms with Crippen LogP contribution in [-0.2, 0) is 33.3 Å². The number of hydrogen-bond donors (Lipinski definition) is 6. The molecule has 50 heavy (non-hydrogen) atoms. The topological polar surface area (TPSA) is 285 Å². The number of phosphoric acid groups is 1. The van der Waals surface area contributed by atoms with E-state index in [4.69, 9.17) is 34.6 Å². The van der Waals surface area contributed by atoms with Crippen LogP contribution in [0.25, 0.3) is 0 Å². The predicted octanol–water partition coefficient (Wildman–Crippen LogP) is -2.63. The largest absolute Gasteiger partial charge is 0.822 e. The molecule has 0 aromatic carbocycles. The Morgan fingerprint density at radius 2 is 0.640 bits per heavy atom. The molecule has 0 aliphatic rings. The third-order valence-corrected chi connectivity index (χ3v) is 5.68. The van der Waals surface area contributed by atoms with E-state index in [0.29, 0.717) is 19.6 Å². The first-order chi connectivity index (χ1) is 22.4. The summed E-state index contributed by atoms with van der Waals surface area (Å²) in [5.41, 5.74) is 0. The molecule has 0 radical (unpaired) electrons. The van der Waals surface area contributed by atoms with Crippen LogP contribution in [0.15, 0.2) is 0 Å². The van der Waals surface area contributed by atoms with Crippen molar-refractivity contribution in [2.24, 2.45) is 0 Å². The first-order valence-corrected chi connectivity index (χ1v) is 17.5. The van der Waals surface area contributed by atoms with E-state index in [-0.39, 0.29) is 56.2 Å². The predicted molar refractivity (Wildman–Crippen MR) is 180 cm³/mol. The fourth-order valence-corrected chi connectivity index (χ4v) is 3.27. The first kappa shape index (κ1) is 53.6. The molecule has 0 saturated carbocycles. The van der Waals surface area contributed by atoms with Crippen molar-refractivity contribution in [1.82, 2.24) is 16.0 Å². The van der Waals surface area contributed by atoms with E-state index >= 15 is 0 Å². The molecule has 0 aromatic rings. The maximum atomic E-state index is 11.1. The van der Waals surface area contributed by atoms with Gasteiger partial charge in [-0.05, 0) is 0 Å². The summed E-state index contributed by atoms with van der Waals surface area (Å²) in [7, 11) is 13.4. The van der Waals surface area contributed by atoms with Gasteiger partial charge in [0, 0.05) is 58.2 Å². The molecule has 6 N–H and O–H groups in total. The lowest BCUT2D eigenvalue weighted by Crippen LogP contribution is -2.37. The van der Waals surface area contributed by atoms with Gasteiger partial charge in [0.25, 0.3) is 0 Å². The van der Waals surface area contributed by atoms with E-state index in [1.807, 2.05) is 0 Å². The molecule has 0 fully saturated rings. The summed E-state index contributed by atoms with van der Waals surface area (Å²) in [6.07, 6.45) is 2.63. The molecule has 0 rings (SSSR count). The van der Waals surface area contributed by atoms with Crippen molar-refractivity contribution in [3.63, 3.8) is 0 Å². The van der Waals surface area contributed by atoms with Gasteiger partial charge in [-0.15, -0.1) is 0 Å². The number of carbonyl (C=O) groups excluding carboxylic acids is 3. The Kier molecular flexibility index (Phi) is 30.6. The molecule has 0 saturated heterocycles. The van der Waals surface area contributed by atoms with Gasteiger partial charge in [-0.1, -0.05) is 0 Å². The SMILES string of the molecule is C[N+](C)(C)CCCNC(=O)CCC(=O)O.C[N+](C)(C)CCCNC(=O)CCC(=O)O.C[N+](C)(C)CCCNC(=O)CCC(=O)O.O=P([O-])([O-])[O-]. The number of carbonyl (C=O) groups is 6. The van der Waals surface area contributed by atoms with Gasteiger partial charge in [-0.2, -0.15) is 7.82 Å². The highest BCUT2D eigenvalue weighted by Crippen LogP contribution is 2.03. The summed E-state index contributed by atoms with van der Waals surface area (Å²) in [5.74, 6) is -3.35. The molecule has 296 valence electrons. The third kappa shape index (κ3) is 67.1. The zero-order chi connectivity index (χ0) is 40.2. The van der Waals surface area contributed by atoms with Crippen LogP contribution >= 0.6 is 7.82 Å². The fourth-order valence-electron chi connectivity index (χ4n) is 3.27. The van der Waals surface area contributed by atoms with Crippen molar-refractivity contribution in [3.05, 3.63) is 0 Å². The van der Waals surface area contributed by atoms with Gasteiger partial charge in [-0.3, -0.25) is 28.8 Å². The number of nitrogens with one attached hydrogen (secondary N) is 3. The zero-order valence-corrected chi connectivity index (χ0v) is 32.2. The lowest BCUT2D eigenvalue weighted by atomic mass is 10.3. The minimum Gasteiger partial charge on any atom is -0.822 e. The summed E-state index contributed by atoms with van der Waals surface area (Å²) in [6, 6.07) is 0. The number of carboxylic acid groups (broad SMARTS) is 3. The third-order valence-electron chi connectivity index (χ3n) is 5.68. The monoisotopic (exact) mass is 746 g/mol. The molecule has 0 aromatic heterocycles. The number of quaternary nitrogens is 3. The second-order valence-electron chi connectivity index (χ2n) is 14.3. The molecule has 0 spiro atoms. The van der Waals surface area contributed by atoms with Gasteiger partial charge < -0.3 is 64.0 Å². The molecular formula is C30H63N6O13P. The van der Waals surface area contributed by atoms with Crippen LogP contribution in [0.3, 0.4) is 0 Å². The Bertz CT molecular complexity index is 927. The van der Waals surface area contributed by atoms with Gasteiger partial charge in [0.2, 0.25) is 17.7 Å². The molecule has 3 amide bonds. The number of amides is 3. The highest BCUT2D eigenvalue weighted by atomic mass is 31.2. The Morgan fingerprint density at radius 1 is 0.460 bits per heavy atom. The molecule has 0 unspecified atom stereocenters. The van der Waals surface area contributed by atoms with Gasteiger partial charge in [0.15, 0.2) is 0 Å². The lowest BCUT2D eigenvalue weighted by Gasteiger charge is -2.36. The highest BCUT2D eigenvalue weighted by Gasteiger charge is 2.10. The maximum Gasteiger partial charge on any atom is 0.303 e. The van der Waals surface area contributed by atoms with Gasteiger partial charge in [0.05, 0.1) is 102 Å². The summed E-state index contributed by atoms with van der Waals surface area (Å²) >= 11 is 0. The highest BCUT2D eigenvalue weighted by molar-refractivity contribution is 7.40. The molecule has 20 heteroatoms. The molecule has 19 nitrogen and oxygen atoms in total. The average molecular weight is 747 g/mol. The van der Waals surface area contributed by atoms with Crippen LogP contribution in [0.4, 0.5) is 0 Å². The van der Waals surface area contributed by atoms with Crippen LogP contribution < -0.4 is 30.6 Å². The van der Waals surface area contributed by atoms with E-state index in [1.165, 1.54) is 0 Å².